The lowest BCUT2D eigenvalue weighted by Crippen LogP contribution is -2.19. The first-order chi connectivity index (χ1) is 14.7. The molecule has 0 heterocycles. The quantitative estimate of drug-likeness (QED) is 0.362. The molecule has 0 aliphatic rings. The summed E-state index contributed by atoms with van der Waals surface area (Å²) >= 11 is 5.89. The van der Waals surface area contributed by atoms with Crippen LogP contribution >= 0.6 is 11.6 Å². The van der Waals surface area contributed by atoms with Crippen LogP contribution in [-0.4, -0.2) is 11.6 Å². The van der Waals surface area contributed by atoms with Gasteiger partial charge < -0.3 is 4.74 Å². The van der Waals surface area contributed by atoms with Crippen molar-refractivity contribution in [1.82, 2.24) is 5.43 Å². The zero-order valence-corrected chi connectivity index (χ0v) is 19.0. The van der Waals surface area contributed by atoms with Crippen molar-refractivity contribution in [3.8, 4) is 5.75 Å². The number of hydrogen-bond donors (Lipinski definition) is 1. The third-order valence-electron chi connectivity index (χ3n) is 4.93. The fraction of sp³-hybridized carbons (Fsp3) is 0.231. The van der Waals surface area contributed by atoms with E-state index in [9.17, 15) is 4.79 Å². The molecular weight excluding hydrogens is 408 g/mol. The fourth-order valence-electron chi connectivity index (χ4n) is 2.92. The summed E-state index contributed by atoms with van der Waals surface area (Å²) in [7, 11) is 0. The van der Waals surface area contributed by atoms with Crippen molar-refractivity contribution in [2.45, 2.75) is 39.7 Å². The Hall–Kier alpha value is -3.11. The summed E-state index contributed by atoms with van der Waals surface area (Å²) in [4.78, 5) is 12.4. The number of carbonyl (C=O) groups is 1. The molecule has 5 heteroatoms. The molecule has 0 spiro atoms. The van der Waals surface area contributed by atoms with E-state index in [1.54, 1.807) is 24.3 Å². The lowest BCUT2D eigenvalue weighted by Gasteiger charge is -2.19. The van der Waals surface area contributed by atoms with Crippen LogP contribution in [-0.2, 0) is 12.0 Å². The highest BCUT2D eigenvalue weighted by molar-refractivity contribution is 6.30. The van der Waals surface area contributed by atoms with Crippen molar-refractivity contribution >= 4 is 23.2 Å². The van der Waals surface area contributed by atoms with E-state index in [0.29, 0.717) is 22.9 Å². The van der Waals surface area contributed by atoms with E-state index in [2.05, 4.69) is 43.4 Å². The molecule has 0 bridgehead atoms. The minimum atomic E-state index is -0.269. The van der Waals surface area contributed by atoms with Crippen molar-refractivity contribution in [2.24, 2.45) is 5.10 Å². The molecule has 0 saturated carbocycles. The molecule has 4 nitrogen and oxygen atoms in total. The first-order valence-electron chi connectivity index (χ1n) is 10.2. The van der Waals surface area contributed by atoms with Crippen LogP contribution < -0.4 is 10.2 Å². The molecule has 0 unspecified atom stereocenters. The van der Waals surface area contributed by atoms with E-state index >= 15 is 0 Å². The van der Waals surface area contributed by atoms with E-state index < -0.39 is 0 Å². The predicted octanol–water partition coefficient (Wildman–Crippen LogP) is 6.37. The summed E-state index contributed by atoms with van der Waals surface area (Å²) < 4.78 is 5.75. The Morgan fingerprint density at radius 3 is 2.06 bits per heavy atom. The van der Waals surface area contributed by atoms with E-state index in [0.717, 1.165) is 16.8 Å². The summed E-state index contributed by atoms with van der Waals surface area (Å²) in [5, 5.41) is 4.94. The van der Waals surface area contributed by atoms with Crippen molar-refractivity contribution in [2.75, 3.05) is 0 Å². The molecule has 3 aromatic carbocycles. The molecule has 0 aliphatic carbocycles. The average molecular weight is 435 g/mol. The second-order valence-corrected chi connectivity index (χ2v) is 8.84. The highest BCUT2D eigenvalue weighted by atomic mass is 35.5. The fourth-order valence-corrected chi connectivity index (χ4v) is 3.05. The van der Waals surface area contributed by atoms with Gasteiger partial charge in [0.2, 0.25) is 0 Å². The maximum atomic E-state index is 12.4. The number of hydrazone groups is 1. The van der Waals surface area contributed by atoms with Gasteiger partial charge in [-0.1, -0.05) is 68.8 Å². The van der Waals surface area contributed by atoms with Gasteiger partial charge in [-0.15, -0.1) is 0 Å². The summed E-state index contributed by atoms with van der Waals surface area (Å²) in [6.07, 6.45) is 0. The lowest BCUT2D eigenvalue weighted by molar-refractivity contribution is 0.0955. The van der Waals surface area contributed by atoms with Crippen LogP contribution in [0.5, 0.6) is 5.75 Å². The Morgan fingerprint density at radius 1 is 0.903 bits per heavy atom. The number of amides is 1. The zero-order valence-electron chi connectivity index (χ0n) is 18.3. The number of carbonyl (C=O) groups excluding carboxylic acids is 1. The van der Waals surface area contributed by atoms with Gasteiger partial charge in [0, 0.05) is 10.6 Å². The molecule has 0 atom stereocenters. The number of rotatable bonds is 6. The van der Waals surface area contributed by atoms with Crippen molar-refractivity contribution < 1.29 is 9.53 Å². The van der Waals surface area contributed by atoms with Gasteiger partial charge >= 0.3 is 0 Å². The van der Waals surface area contributed by atoms with Gasteiger partial charge in [0.1, 0.15) is 12.4 Å². The van der Waals surface area contributed by atoms with Crippen LogP contribution in [0.3, 0.4) is 0 Å². The second kappa shape index (κ2) is 9.80. The normalized spacial score (nSPS) is 11.8. The van der Waals surface area contributed by atoms with Gasteiger partial charge in [0.25, 0.3) is 5.91 Å². The van der Waals surface area contributed by atoms with E-state index in [-0.39, 0.29) is 11.3 Å². The molecule has 1 amide bonds. The molecule has 3 rings (SSSR count). The van der Waals surface area contributed by atoms with E-state index in [1.807, 2.05) is 43.3 Å². The number of nitrogens with zero attached hydrogens (tertiary/aromatic N) is 1. The average Bonchev–Trinajstić information content (AvgIpc) is 2.76. The summed E-state index contributed by atoms with van der Waals surface area (Å²) in [6.45, 7) is 8.84. The second-order valence-electron chi connectivity index (χ2n) is 8.41. The third kappa shape index (κ3) is 6.43. The molecule has 0 aromatic heterocycles. The molecule has 1 N–H and O–H groups in total. The first-order valence-corrected chi connectivity index (χ1v) is 10.5. The summed E-state index contributed by atoms with van der Waals surface area (Å²) in [6, 6.07) is 22.7. The maximum Gasteiger partial charge on any atom is 0.271 e. The van der Waals surface area contributed by atoms with Gasteiger partial charge in [-0.05, 0) is 65.4 Å². The van der Waals surface area contributed by atoms with Crippen LogP contribution in [0.1, 0.15) is 54.7 Å². The highest BCUT2D eigenvalue weighted by Crippen LogP contribution is 2.22. The molecule has 0 fully saturated rings. The van der Waals surface area contributed by atoms with Crippen molar-refractivity contribution in [3.05, 3.63) is 100 Å². The lowest BCUT2D eigenvalue weighted by atomic mass is 9.86. The van der Waals surface area contributed by atoms with Crippen LogP contribution in [0.25, 0.3) is 0 Å². The van der Waals surface area contributed by atoms with E-state index in [1.165, 1.54) is 5.56 Å². The number of hydrogen-bond acceptors (Lipinski definition) is 3. The molecule has 3 aromatic rings. The Labute approximate surface area is 188 Å². The molecule has 160 valence electrons. The summed E-state index contributed by atoms with van der Waals surface area (Å²) in [5.74, 6) is 0.417. The van der Waals surface area contributed by atoms with Crippen LogP contribution in [0.4, 0.5) is 0 Å². The van der Waals surface area contributed by atoms with Crippen molar-refractivity contribution in [1.29, 1.82) is 0 Å². The SMILES string of the molecule is CC(=NNC(=O)c1ccc(OCc2ccc(Cl)cc2)cc1)c1ccc(C(C)(C)C)cc1. The van der Waals surface area contributed by atoms with Gasteiger partial charge in [-0.25, -0.2) is 5.43 Å². The first kappa shape index (κ1) is 22.6. The van der Waals surface area contributed by atoms with Gasteiger partial charge in [0.05, 0.1) is 5.71 Å². The van der Waals surface area contributed by atoms with Gasteiger partial charge in [-0.2, -0.15) is 5.10 Å². The molecule has 0 radical (unpaired) electrons. The monoisotopic (exact) mass is 434 g/mol. The third-order valence-corrected chi connectivity index (χ3v) is 5.18. The van der Waals surface area contributed by atoms with Crippen LogP contribution in [0.2, 0.25) is 5.02 Å². The van der Waals surface area contributed by atoms with Crippen LogP contribution in [0, 0.1) is 0 Å². The number of nitrogens with one attached hydrogen (secondary N) is 1. The maximum absolute atomic E-state index is 12.4. The van der Waals surface area contributed by atoms with Crippen LogP contribution in [0.15, 0.2) is 77.9 Å². The molecule has 0 saturated heterocycles. The zero-order chi connectivity index (χ0) is 22.4. The van der Waals surface area contributed by atoms with Gasteiger partial charge in [0.15, 0.2) is 0 Å². The molecular formula is C26H27ClN2O2. The minimum absolute atomic E-state index is 0.0997. The highest BCUT2D eigenvalue weighted by Gasteiger charge is 2.13. The van der Waals surface area contributed by atoms with E-state index in [4.69, 9.17) is 16.3 Å². The largest absolute Gasteiger partial charge is 0.489 e. The smallest absolute Gasteiger partial charge is 0.271 e. The number of halogens is 1. The number of ether oxygens (including phenoxy) is 1. The molecule has 0 aliphatic heterocycles. The minimum Gasteiger partial charge on any atom is -0.489 e. The Kier molecular flexibility index (Phi) is 7.13. The summed E-state index contributed by atoms with van der Waals surface area (Å²) in [5.41, 5.74) is 7.23. The topological polar surface area (TPSA) is 50.7 Å². The Bertz CT molecular complexity index is 1050. The van der Waals surface area contributed by atoms with Crippen molar-refractivity contribution in [3.63, 3.8) is 0 Å². The predicted molar refractivity (Wildman–Crippen MR) is 127 cm³/mol. The Morgan fingerprint density at radius 2 is 1.48 bits per heavy atom. The molecule has 31 heavy (non-hydrogen) atoms. The standard InChI is InChI=1S/C26H27ClN2O2/c1-18(20-7-11-22(12-8-20)26(2,3)4)28-29-25(30)21-9-15-24(16-10-21)31-17-19-5-13-23(27)14-6-19/h5-16H,17H2,1-4H3,(H,29,30). The number of benzene rings is 3. The van der Waals surface area contributed by atoms with Gasteiger partial charge in [-0.3, -0.25) is 4.79 Å². The Balaban J connectivity index is 1.56.